The van der Waals surface area contributed by atoms with Gasteiger partial charge in [-0.15, -0.1) is 0 Å². The zero-order chi connectivity index (χ0) is 14.5. The number of nitrogens with two attached hydrogens (primary N) is 1. The zero-order valence-corrected chi connectivity index (χ0v) is 12.6. The number of likely N-dealkylation sites (tertiary alicyclic amines) is 1. The molecule has 4 atom stereocenters. The molecule has 1 saturated heterocycles. The fourth-order valence-electron chi connectivity index (χ4n) is 4.84. The Kier molecular flexibility index (Phi) is 3.39. The number of carbonyl (C=O) groups excluding carboxylic acids is 2. The van der Waals surface area contributed by atoms with E-state index in [9.17, 15) is 9.59 Å². The SMILES string of the molecule is CC1CC2C(=O)N(C3(CN)CCCCC3C)C(=O)C2C1. The van der Waals surface area contributed by atoms with Crippen LogP contribution < -0.4 is 5.73 Å². The van der Waals surface area contributed by atoms with Gasteiger partial charge in [-0.1, -0.05) is 26.7 Å². The Hall–Kier alpha value is -0.900. The summed E-state index contributed by atoms with van der Waals surface area (Å²) in [6, 6.07) is 0. The van der Waals surface area contributed by atoms with E-state index in [0.717, 1.165) is 32.1 Å². The van der Waals surface area contributed by atoms with Gasteiger partial charge in [0.15, 0.2) is 0 Å². The molecule has 1 aliphatic heterocycles. The molecule has 2 amide bonds. The van der Waals surface area contributed by atoms with E-state index in [0.29, 0.717) is 18.4 Å². The van der Waals surface area contributed by atoms with E-state index in [1.54, 1.807) is 4.90 Å². The highest BCUT2D eigenvalue weighted by atomic mass is 16.2. The molecule has 0 aromatic rings. The molecular formula is C16H26N2O2. The average molecular weight is 278 g/mol. The van der Waals surface area contributed by atoms with E-state index in [1.165, 1.54) is 6.42 Å². The van der Waals surface area contributed by atoms with E-state index in [1.807, 2.05) is 0 Å². The first-order valence-electron chi connectivity index (χ1n) is 8.09. The highest BCUT2D eigenvalue weighted by Crippen LogP contribution is 2.48. The molecule has 0 radical (unpaired) electrons. The van der Waals surface area contributed by atoms with Crippen molar-refractivity contribution in [2.75, 3.05) is 6.54 Å². The van der Waals surface area contributed by atoms with Crippen molar-refractivity contribution in [3.8, 4) is 0 Å². The maximum atomic E-state index is 12.8. The summed E-state index contributed by atoms with van der Waals surface area (Å²) in [6.45, 7) is 4.72. The van der Waals surface area contributed by atoms with Crippen LogP contribution in [0.4, 0.5) is 0 Å². The van der Waals surface area contributed by atoms with Crippen molar-refractivity contribution >= 4 is 11.8 Å². The van der Waals surface area contributed by atoms with Gasteiger partial charge in [0.05, 0.1) is 17.4 Å². The lowest BCUT2D eigenvalue weighted by Crippen LogP contribution is -2.61. The Morgan fingerprint density at radius 1 is 1.15 bits per heavy atom. The second-order valence-corrected chi connectivity index (χ2v) is 7.26. The molecule has 112 valence electrons. The van der Waals surface area contributed by atoms with E-state index in [4.69, 9.17) is 5.73 Å². The Morgan fingerprint density at radius 2 is 1.75 bits per heavy atom. The minimum Gasteiger partial charge on any atom is -0.328 e. The molecule has 0 aromatic carbocycles. The maximum Gasteiger partial charge on any atom is 0.233 e. The highest BCUT2D eigenvalue weighted by molar-refractivity contribution is 6.06. The van der Waals surface area contributed by atoms with Crippen molar-refractivity contribution in [2.24, 2.45) is 29.4 Å². The quantitative estimate of drug-likeness (QED) is 0.785. The monoisotopic (exact) mass is 278 g/mol. The normalized spacial score (nSPS) is 45.0. The van der Waals surface area contributed by atoms with Crippen molar-refractivity contribution < 1.29 is 9.59 Å². The van der Waals surface area contributed by atoms with Crippen molar-refractivity contribution in [1.82, 2.24) is 4.90 Å². The van der Waals surface area contributed by atoms with Crippen LogP contribution in [0.5, 0.6) is 0 Å². The smallest absolute Gasteiger partial charge is 0.233 e. The van der Waals surface area contributed by atoms with Crippen LogP contribution in [0.3, 0.4) is 0 Å². The molecule has 3 fully saturated rings. The first kappa shape index (κ1) is 14.1. The van der Waals surface area contributed by atoms with Crippen LogP contribution in [0.1, 0.15) is 52.4 Å². The van der Waals surface area contributed by atoms with Crippen LogP contribution in [-0.2, 0) is 9.59 Å². The van der Waals surface area contributed by atoms with Crippen molar-refractivity contribution in [2.45, 2.75) is 57.9 Å². The van der Waals surface area contributed by atoms with E-state index >= 15 is 0 Å². The number of nitrogens with zero attached hydrogens (tertiary/aromatic N) is 1. The predicted octanol–water partition coefficient (Wildman–Crippen LogP) is 1.93. The Balaban J connectivity index is 1.93. The van der Waals surface area contributed by atoms with Gasteiger partial charge in [-0.05, 0) is 37.5 Å². The first-order chi connectivity index (χ1) is 9.51. The first-order valence-corrected chi connectivity index (χ1v) is 8.09. The van der Waals surface area contributed by atoms with E-state index < -0.39 is 5.54 Å². The van der Waals surface area contributed by atoms with Gasteiger partial charge >= 0.3 is 0 Å². The Morgan fingerprint density at radius 3 is 2.25 bits per heavy atom. The number of rotatable bonds is 2. The summed E-state index contributed by atoms with van der Waals surface area (Å²) in [7, 11) is 0. The van der Waals surface area contributed by atoms with Crippen molar-refractivity contribution in [1.29, 1.82) is 0 Å². The molecular weight excluding hydrogens is 252 g/mol. The molecule has 2 N–H and O–H groups in total. The molecule has 0 bridgehead atoms. The van der Waals surface area contributed by atoms with Gasteiger partial charge < -0.3 is 5.73 Å². The summed E-state index contributed by atoms with van der Waals surface area (Å²) in [5.41, 5.74) is 5.66. The third-order valence-electron chi connectivity index (χ3n) is 6.09. The maximum absolute atomic E-state index is 12.8. The van der Waals surface area contributed by atoms with Crippen LogP contribution in [0.2, 0.25) is 0 Å². The van der Waals surface area contributed by atoms with Gasteiger partial charge in [0, 0.05) is 6.54 Å². The van der Waals surface area contributed by atoms with Crippen LogP contribution >= 0.6 is 0 Å². The number of hydrogen-bond donors (Lipinski definition) is 1. The molecule has 0 spiro atoms. The van der Waals surface area contributed by atoms with Gasteiger partial charge in [-0.2, -0.15) is 0 Å². The topological polar surface area (TPSA) is 63.4 Å². The Labute approximate surface area is 121 Å². The molecule has 2 saturated carbocycles. The largest absolute Gasteiger partial charge is 0.328 e. The lowest BCUT2D eigenvalue weighted by atomic mass is 9.72. The van der Waals surface area contributed by atoms with Gasteiger partial charge in [0.1, 0.15) is 0 Å². The average Bonchev–Trinajstić information content (AvgIpc) is 2.91. The summed E-state index contributed by atoms with van der Waals surface area (Å²) in [5.74, 6) is 0.847. The molecule has 20 heavy (non-hydrogen) atoms. The minimum absolute atomic E-state index is 0.0601. The second-order valence-electron chi connectivity index (χ2n) is 7.26. The molecule has 4 unspecified atom stereocenters. The summed E-state index contributed by atoms with van der Waals surface area (Å²) in [6.07, 6.45) is 5.96. The summed E-state index contributed by atoms with van der Waals surface area (Å²) < 4.78 is 0. The third-order valence-corrected chi connectivity index (χ3v) is 6.09. The summed E-state index contributed by atoms with van der Waals surface area (Å²) in [4.78, 5) is 27.2. The van der Waals surface area contributed by atoms with Crippen LogP contribution in [0.15, 0.2) is 0 Å². The van der Waals surface area contributed by atoms with E-state index in [2.05, 4.69) is 13.8 Å². The fraction of sp³-hybridized carbons (Fsp3) is 0.875. The lowest BCUT2D eigenvalue weighted by Gasteiger charge is -2.47. The van der Waals surface area contributed by atoms with Crippen LogP contribution in [-0.4, -0.2) is 28.8 Å². The number of carbonyl (C=O) groups is 2. The standard InChI is InChI=1S/C16H26N2O2/c1-10-7-12-13(8-10)15(20)18(14(12)19)16(9-17)6-4-3-5-11(16)2/h10-13H,3-9,17H2,1-2H3. The zero-order valence-electron chi connectivity index (χ0n) is 12.6. The van der Waals surface area contributed by atoms with E-state index in [-0.39, 0.29) is 23.7 Å². The molecule has 2 aliphatic carbocycles. The second kappa shape index (κ2) is 4.83. The van der Waals surface area contributed by atoms with Crippen LogP contribution in [0.25, 0.3) is 0 Å². The van der Waals surface area contributed by atoms with Gasteiger partial charge in [-0.3, -0.25) is 14.5 Å². The van der Waals surface area contributed by atoms with Crippen molar-refractivity contribution in [3.05, 3.63) is 0 Å². The predicted molar refractivity (Wildman–Crippen MR) is 76.6 cm³/mol. The number of fused-ring (bicyclic) bond motifs is 1. The molecule has 4 nitrogen and oxygen atoms in total. The lowest BCUT2D eigenvalue weighted by molar-refractivity contribution is -0.151. The summed E-state index contributed by atoms with van der Waals surface area (Å²) in [5, 5.41) is 0. The molecule has 3 aliphatic rings. The number of hydrogen-bond acceptors (Lipinski definition) is 3. The van der Waals surface area contributed by atoms with Crippen molar-refractivity contribution in [3.63, 3.8) is 0 Å². The molecule has 1 heterocycles. The highest BCUT2D eigenvalue weighted by Gasteiger charge is 2.58. The van der Waals surface area contributed by atoms with Crippen LogP contribution in [0, 0.1) is 23.7 Å². The van der Waals surface area contributed by atoms with Gasteiger partial charge in [0.25, 0.3) is 0 Å². The van der Waals surface area contributed by atoms with Gasteiger partial charge in [0.2, 0.25) is 11.8 Å². The third kappa shape index (κ3) is 1.77. The molecule has 3 rings (SSSR count). The molecule has 0 aromatic heterocycles. The minimum atomic E-state index is -0.403. The fourth-order valence-corrected chi connectivity index (χ4v) is 4.84. The number of imide groups is 1. The Bertz CT molecular complexity index is 412. The number of amides is 2. The molecule has 4 heteroatoms. The summed E-state index contributed by atoms with van der Waals surface area (Å²) >= 11 is 0. The van der Waals surface area contributed by atoms with Gasteiger partial charge in [-0.25, -0.2) is 0 Å².